The third kappa shape index (κ3) is 5.04. The summed E-state index contributed by atoms with van der Waals surface area (Å²) < 4.78 is 16.1. The van der Waals surface area contributed by atoms with Crippen molar-refractivity contribution < 1.29 is 19.0 Å². The van der Waals surface area contributed by atoms with Gasteiger partial charge < -0.3 is 24.8 Å². The lowest BCUT2D eigenvalue weighted by molar-refractivity contribution is -0.123. The van der Waals surface area contributed by atoms with Gasteiger partial charge in [-0.15, -0.1) is 0 Å². The Labute approximate surface area is 156 Å². The van der Waals surface area contributed by atoms with Crippen molar-refractivity contribution in [3.63, 3.8) is 0 Å². The normalized spacial score (nSPS) is 17.3. The lowest BCUT2D eigenvalue weighted by Crippen LogP contribution is -2.34. The Hall–Kier alpha value is -1.95. The van der Waals surface area contributed by atoms with Crippen LogP contribution in [0.5, 0.6) is 17.2 Å². The van der Waals surface area contributed by atoms with Gasteiger partial charge in [0.25, 0.3) is 0 Å². The zero-order chi connectivity index (χ0) is 19.1. The first-order valence-electron chi connectivity index (χ1n) is 9.30. The smallest absolute Gasteiger partial charge is 0.220 e. The first-order chi connectivity index (χ1) is 12.5. The molecule has 1 heterocycles. The number of methoxy groups -OCH3 is 3. The summed E-state index contributed by atoms with van der Waals surface area (Å²) in [5, 5.41) is 6.47. The van der Waals surface area contributed by atoms with E-state index in [-0.39, 0.29) is 11.9 Å². The second-order valence-electron chi connectivity index (χ2n) is 7.02. The van der Waals surface area contributed by atoms with Crippen LogP contribution < -0.4 is 24.8 Å². The molecule has 0 radical (unpaired) electrons. The van der Waals surface area contributed by atoms with Gasteiger partial charge in [-0.25, -0.2) is 0 Å². The molecule has 2 rings (SSSR count). The fraction of sp³-hybridized carbons (Fsp3) is 0.650. The summed E-state index contributed by atoms with van der Waals surface area (Å²) in [6.45, 7) is 6.25. The molecule has 1 saturated heterocycles. The van der Waals surface area contributed by atoms with E-state index in [2.05, 4.69) is 17.6 Å². The van der Waals surface area contributed by atoms with E-state index in [4.69, 9.17) is 14.2 Å². The molecule has 2 unspecified atom stereocenters. The highest BCUT2D eigenvalue weighted by Crippen LogP contribution is 2.39. The Kier molecular flexibility index (Phi) is 7.57. The third-order valence-electron chi connectivity index (χ3n) is 5.26. The molecule has 6 nitrogen and oxygen atoms in total. The summed E-state index contributed by atoms with van der Waals surface area (Å²) in [7, 11) is 4.75. The molecule has 0 saturated carbocycles. The summed E-state index contributed by atoms with van der Waals surface area (Å²) in [6, 6.07) is 3.61. The SMILES string of the molecule is COc1cc(C(C)NC(=O)CC(C)C2CCNCC2)cc(OC)c1OC. The van der Waals surface area contributed by atoms with Crippen molar-refractivity contribution in [2.45, 2.75) is 39.2 Å². The first kappa shape index (κ1) is 20.4. The predicted molar refractivity (Wildman–Crippen MR) is 102 cm³/mol. The molecule has 1 amide bonds. The lowest BCUT2D eigenvalue weighted by atomic mass is 9.84. The number of amides is 1. The molecule has 26 heavy (non-hydrogen) atoms. The topological polar surface area (TPSA) is 68.8 Å². The van der Waals surface area contributed by atoms with Crippen LogP contribution in [0.4, 0.5) is 0 Å². The number of hydrogen-bond donors (Lipinski definition) is 2. The molecular formula is C20H32N2O4. The first-order valence-corrected chi connectivity index (χ1v) is 9.30. The van der Waals surface area contributed by atoms with Crippen LogP contribution in [0.3, 0.4) is 0 Å². The van der Waals surface area contributed by atoms with Crippen molar-refractivity contribution >= 4 is 5.91 Å². The predicted octanol–water partition coefficient (Wildman–Crippen LogP) is 2.92. The largest absolute Gasteiger partial charge is 0.493 e. The minimum absolute atomic E-state index is 0.0808. The van der Waals surface area contributed by atoms with Gasteiger partial charge in [0.2, 0.25) is 11.7 Å². The molecule has 1 fully saturated rings. The molecule has 0 spiro atoms. The number of ether oxygens (including phenoxy) is 3. The second kappa shape index (κ2) is 9.67. The van der Waals surface area contributed by atoms with Crippen molar-refractivity contribution in [2.75, 3.05) is 34.4 Å². The summed E-state index contributed by atoms with van der Waals surface area (Å²) in [6.07, 6.45) is 2.85. The standard InChI is InChI=1S/C20H32N2O4/c1-13(15-6-8-21-9-7-15)10-19(23)22-14(2)16-11-17(24-3)20(26-5)18(12-16)25-4/h11-15,21H,6-10H2,1-5H3,(H,22,23). The minimum atomic E-state index is -0.142. The molecular weight excluding hydrogens is 332 g/mol. The zero-order valence-electron chi connectivity index (χ0n) is 16.6. The van der Waals surface area contributed by atoms with E-state index in [1.807, 2.05) is 19.1 Å². The van der Waals surface area contributed by atoms with Gasteiger partial charge in [0.05, 0.1) is 27.4 Å². The molecule has 0 aromatic heterocycles. The van der Waals surface area contributed by atoms with Gasteiger partial charge in [-0.2, -0.15) is 0 Å². The Balaban J connectivity index is 2.01. The maximum atomic E-state index is 12.5. The summed E-state index contributed by atoms with van der Waals surface area (Å²) in [4.78, 5) is 12.5. The number of carbonyl (C=O) groups is 1. The number of hydrogen-bond acceptors (Lipinski definition) is 5. The molecule has 6 heteroatoms. The zero-order valence-corrected chi connectivity index (χ0v) is 16.6. The van der Waals surface area contributed by atoms with Crippen molar-refractivity contribution in [2.24, 2.45) is 11.8 Å². The Morgan fingerprint density at radius 1 is 1.12 bits per heavy atom. The van der Waals surface area contributed by atoms with Gasteiger partial charge in [0.1, 0.15) is 0 Å². The number of rotatable bonds is 8. The van der Waals surface area contributed by atoms with Gasteiger partial charge in [0.15, 0.2) is 11.5 Å². The van der Waals surface area contributed by atoms with Crippen molar-refractivity contribution in [3.05, 3.63) is 17.7 Å². The average Bonchev–Trinajstić information content (AvgIpc) is 2.67. The van der Waals surface area contributed by atoms with Crippen LogP contribution in [0, 0.1) is 11.8 Å². The van der Waals surface area contributed by atoms with Crippen LogP contribution in [0.1, 0.15) is 44.7 Å². The van der Waals surface area contributed by atoms with Crippen LogP contribution in [-0.2, 0) is 4.79 Å². The van der Waals surface area contributed by atoms with Gasteiger partial charge in [-0.1, -0.05) is 6.92 Å². The van der Waals surface area contributed by atoms with Crippen LogP contribution in [0.2, 0.25) is 0 Å². The van der Waals surface area contributed by atoms with Crippen LogP contribution in [0.25, 0.3) is 0 Å². The van der Waals surface area contributed by atoms with E-state index in [0.717, 1.165) is 31.5 Å². The quantitative estimate of drug-likeness (QED) is 0.742. The highest BCUT2D eigenvalue weighted by atomic mass is 16.5. The summed E-state index contributed by atoms with van der Waals surface area (Å²) in [5.41, 5.74) is 0.919. The Morgan fingerprint density at radius 2 is 1.69 bits per heavy atom. The fourth-order valence-electron chi connectivity index (χ4n) is 3.61. The van der Waals surface area contributed by atoms with E-state index in [9.17, 15) is 4.79 Å². The maximum absolute atomic E-state index is 12.5. The van der Waals surface area contributed by atoms with E-state index in [1.54, 1.807) is 21.3 Å². The molecule has 2 N–H and O–H groups in total. The number of piperidine rings is 1. The highest BCUT2D eigenvalue weighted by molar-refractivity contribution is 5.76. The van der Waals surface area contributed by atoms with Gasteiger partial charge in [0, 0.05) is 6.42 Å². The van der Waals surface area contributed by atoms with E-state index >= 15 is 0 Å². The Morgan fingerprint density at radius 3 is 2.19 bits per heavy atom. The average molecular weight is 364 g/mol. The summed E-state index contributed by atoms with van der Waals surface area (Å²) in [5.74, 6) is 2.83. The lowest BCUT2D eigenvalue weighted by Gasteiger charge is -2.28. The molecule has 146 valence electrons. The number of carbonyl (C=O) groups excluding carboxylic acids is 1. The molecule has 0 bridgehead atoms. The number of benzene rings is 1. The minimum Gasteiger partial charge on any atom is -0.493 e. The van der Waals surface area contributed by atoms with E-state index < -0.39 is 0 Å². The van der Waals surface area contributed by atoms with Crippen LogP contribution >= 0.6 is 0 Å². The molecule has 0 aliphatic carbocycles. The second-order valence-corrected chi connectivity index (χ2v) is 7.02. The monoisotopic (exact) mass is 364 g/mol. The van der Waals surface area contributed by atoms with E-state index in [0.29, 0.717) is 35.5 Å². The highest BCUT2D eigenvalue weighted by Gasteiger charge is 2.23. The van der Waals surface area contributed by atoms with Gasteiger partial charge in [-0.05, 0) is 62.4 Å². The van der Waals surface area contributed by atoms with Gasteiger partial charge in [-0.3, -0.25) is 4.79 Å². The van der Waals surface area contributed by atoms with Crippen molar-refractivity contribution in [3.8, 4) is 17.2 Å². The molecule has 1 aliphatic rings. The van der Waals surface area contributed by atoms with Crippen molar-refractivity contribution in [1.29, 1.82) is 0 Å². The van der Waals surface area contributed by atoms with Crippen LogP contribution in [0.15, 0.2) is 12.1 Å². The Bertz CT molecular complexity index is 574. The fourth-order valence-corrected chi connectivity index (χ4v) is 3.61. The van der Waals surface area contributed by atoms with Crippen LogP contribution in [-0.4, -0.2) is 40.3 Å². The molecule has 1 aromatic carbocycles. The molecule has 1 aliphatic heterocycles. The van der Waals surface area contributed by atoms with Crippen molar-refractivity contribution in [1.82, 2.24) is 10.6 Å². The summed E-state index contributed by atoms with van der Waals surface area (Å²) >= 11 is 0. The maximum Gasteiger partial charge on any atom is 0.220 e. The third-order valence-corrected chi connectivity index (χ3v) is 5.26. The van der Waals surface area contributed by atoms with E-state index in [1.165, 1.54) is 0 Å². The molecule has 1 aromatic rings. The molecule has 2 atom stereocenters. The van der Waals surface area contributed by atoms with Gasteiger partial charge >= 0.3 is 0 Å². The number of nitrogens with one attached hydrogen (secondary N) is 2.